The van der Waals surface area contributed by atoms with Crippen molar-refractivity contribution in [2.24, 2.45) is 5.92 Å². The van der Waals surface area contributed by atoms with E-state index in [4.69, 9.17) is 4.52 Å². The Labute approximate surface area is 81.9 Å². The standard InChI is InChI=1S/C9H13N3O2/c13-6-9-11-8(12-14-9)4-7-2-1-3-10-5-7/h6-7,10H,1-5H2. The van der Waals surface area contributed by atoms with Gasteiger partial charge in [0.05, 0.1) is 0 Å². The highest BCUT2D eigenvalue weighted by Crippen LogP contribution is 2.14. The molecule has 5 heteroatoms. The quantitative estimate of drug-likeness (QED) is 0.708. The van der Waals surface area contributed by atoms with Crippen LogP contribution in [0.3, 0.4) is 0 Å². The van der Waals surface area contributed by atoms with Crippen molar-refractivity contribution in [2.75, 3.05) is 13.1 Å². The fraction of sp³-hybridized carbons (Fsp3) is 0.667. The van der Waals surface area contributed by atoms with Gasteiger partial charge in [0.15, 0.2) is 5.82 Å². The number of piperidine rings is 1. The molecule has 1 aliphatic rings. The Bertz CT molecular complexity index is 305. The molecule has 0 radical (unpaired) electrons. The van der Waals surface area contributed by atoms with Crippen LogP contribution in [-0.4, -0.2) is 29.5 Å². The van der Waals surface area contributed by atoms with Gasteiger partial charge in [-0.1, -0.05) is 5.16 Å². The smallest absolute Gasteiger partial charge is 0.290 e. The van der Waals surface area contributed by atoms with E-state index < -0.39 is 0 Å². The van der Waals surface area contributed by atoms with Crippen LogP contribution in [0.4, 0.5) is 0 Å². The van der Waals surface area contributed by atoms with Gasteiger partial charge in [0.2, 0.25) is 6.29 Å². The van der Waals surface area contributed by atoms with Gasteiger partial charge in [0.25, 0.3) is 5.89 Å². The highest BCUT2D eigenvalue weighted by atomic mass is 16.5. The lowest BCUT2D eigenvalue weighted by molar-refractivity contribution is 0.108. The first-order chi connectivity index (χ1) is 6.88. The Hall–Kier alpha value is -1.23. The lowest BCUT2D eigenvalue weighted by atomic mass is 9.96. The van der Waals surface area contributed by atoms with Crippen molar-refractivity contribution in [3.05, 3.63) is 11.7 Å². The van der Waals surface area contributed by atoms with Crippen LogP contribution in [0, 0.1) is 5.92 Å². The number of nitrogens with zero attached hydrogens (tertiary/aromatic N) is 2. The zero-order valence-electron chi connectivity index (χ0n) is 7.90. The maximum atomic E-state index is 10.3. The van der Waals surface area contributed by atoms with Crippen LogP contribution in [0.25, 0.3) is 0 Å². The normalized spacial score (nSPS) is 22.1. The SMILES string of the molecule is O=Cc1nc(CC2CCCNC2)no1. The number of rotatable bonds is 3. The van der Waals surface area contributed by atoms with Crippen molar-refractivity contribution in [3.8, 4) is 0 Å². The Balaban J connectivity index is 1.92. The minimum Gasteiger partial charge on any atom is -0.331 e. The van der Waals surface area contributed by atoms with E-state index >= 15 is 0 Å². The molecule has 0 bridgehead atoms. The fourth-order valence-corrected chi connectivity index (χ4v) is 1.75. The number of nitrogens with one attached hydrogen (secondary N) is 1. The summed E-state index contributed by atoms with van der Waals surface area (Å²) in [5.41, 5.74) is 0. The average molecular weight is 195 g/mol. The van der Waals surface area contributed by atoms with E-state index in [0.717, 1.165) is 19.5 Å². The molecule has 1 aromatic rings. The largest absolute Gasteiger partial charge is 0.331 e. The van der Waals surface area contributed by atoms with Crippen LogP contribution in [-0.2, 0) is 6.42 Å². The van der Waals surface area contributed by atoms with Gasteiger partial charge in [0.1, 0.15) is 0 Å². The molecule has 1 saturated heterocycles. The molecule has 0 saturated carbocycles. The van der Waals surface area contributed by atoms with E-state index in [1.165, 1.54) is 12.8 Å². The molecule has 0 spiro atoms. The minimum absolute atomic E-state index is 0.0729. The maximum Gasteiger partial charge on any atom is 0.290 e. The van der Waals surface area contributed by atoms with Crippen molar-refractivity contribution in [1.82, 2.24) is 15.5 Å². The van der Waals surface area contributed by atoms with E-state index in [1.54, 1.807) is 0 Å². The van der Waals surface area contributed by atoms with Gasteiger partial charge in [-0.05, 0) is 31.8 Å². The number of carbonyl (C=O) groups is 1. The summed E-state index contributed by atoms with van der Waals surface area (Å²) in [6, 6.07) is 0. The molecule has 1 unspecified atom stereocenters. The van der Waals surface area contributed by atoms with Crippen molar-refractivity contribution >= 4 is 6.29 Å². The van der Waals surface area contributed by atoms with Gasteiger partial charge in [0, 0.05) is 6.42 Å². The molecule has 1 N–H and O–H groups in total. The van der Waals surface area contributed by atoms with Gasteiger partial charge >= 0.3 is 0 Å². The predicted octanol–water partition coefficient (Wildman–Crippen LogP) is 0.424. The summed E-state index contributed by atoms with van der Waals surface area (Å²) >= 11 is 0. The first-order valence-corrected chi connectivity index (χ1v) is 4.87. The second-order valence-corrected chi connectivity index (χ2v) is 3.58. The van der Waals surface area contributed by atoms with Gasteiger partial charge in [-0.2, -0.15) is 4.98 Å². The average Bonchev–Trinajstić information content (AvgIpc) is 2.67. The third-order valence-electron chi connectivity index (χ3n) is 2.45. The molecule has 14 heavy (non-hydrogen) atoms. The van der Waals surface area contributed by atoms with Crippen LogP contribution >= 0.6 is 0 Å². The summed E-state index contributed by atoms with van der Waals surface area (Å²) in [6.45, 7) is 2.10. The number of carbonyl (C=O) groups excluding carboxylic acids is 1. The Morgan fingerprint density at radius 1 is 1.64 bits per heavy atom. The number of aldehydes is 1. The second-order valence-electron chi connectivity index (χ2n) is 3.58. The molecule has 2 rings (SSSR count). The Morgan fingerprint density at radius 3 is 3.21 bits per heavy atom. The van der Waals surface area contributed by atoms with Gasteiger partial charge in [-0.25, -0.2) is 0 Å². The van der Waals surface area contributed by atoms with Crippen molar-refractivity contribution < 1.29 is 9.32 Å². The topological polar surface area (TPSA) is 68.0 Å². The molecule has 0 amide bonds. The highest BCUT2D eigenvalue weighted by molar-refractivity contribution is 5.66. The van der Waals surface area contributed by atoms with Crippen molar-refractivity contribution in [2.45, 2.75) is 19.3 Å². The molecule has 0 aromatic carbocycles. The fourth-order valence-electron chi connectivity index (χ4n) is 1.75. The first kappa shape index (κ1) is 9.33. The monoisotopic (exact) mass is 195 g/mol. The lowest BCUT2D eigenvalue weighted by Crippen LogP contribution is -2.31. The van der Waals surface area contributed by atoms with E-state index in [-0.39, 0.29) is 5.89 Å². The third kappa shape index (κ3) is 2.17. The molecule has 0 aliphatic carbocycles. The number of aromatic nitrogens is 2. The van der Waals surface area contributed by atoms with E-state index in [2.05, 4.69) is 15.5 Å². The summed E-state index contributed by atoms with van der Waals surface area (Å²) in [6.07, 6.45) is 3.76. The van der Waals surface area contributed by atoms with Crippen molar-refractivity contribution in [3.63, 3.8) is 0 Å². The summed E-state index contributed by atoms with van der Waals surface area (Å²) in [7, 11) is 0. The van der Waals surface area contributed by atoms with E-state index in [9.17, 15) is 4.79 Å². The van der Waals surface area contributed by atoms with Crippen LogP contribution < -0.4 is 5.32 Å². The number of hydrogen-bond acceptors (Lipinski definition) is 5. The molecular formula is C9H13N3O2. The summed E-state index contributed by atoms with van der Waals surface area (Å²) in [5.74, 6) is 1.28. The zero-order valence-corrected chi connectivity index (χ0v) is 7.90. The summed E-state index contributed by atoms with van der Waals surface area (Å²) < 4.78 is 4.71. The van der Waals surface area contributed by atoms with Gasteiger partial charge < -0.3 is 9.84 Å². The molecule has 1 aliphatic heterocycles. The third-order valence-corrected chi connectivity index (χ3v) is 2.45. The van der Waals surface area contributed by atoms with E-state index in [1.807, 2.05) is 0 Å². The number of hydrogen-bond donors (Lipinski definition) is 1. The van der Waals surface area contributed by atoms with Gasteiger partial charge in [-0.3, -0.25) is 4.79 Å². The minimum atomic E-state index is 0.0729. The molecule has 76 valence electrons. The first-order valence-electron chi connectivity index (χ1n) is 4.87. The highest BCUT2D eigenvalue weighted by Gasteiger charge is 2.16. The predicted molar refractivity (Wildman–Crippen MR) is 49.0 cm³/mol. The lowest BCUT2D eigenvalue weighted by Gasteiger charge is -2.20. The molecular weight excluding hydrogens is 182 g/mol. The Kier molecular flexibility index (Phi) is 2.88. The van der Waals surface area contributed by atoms with E-state index in [0.29, 0.717) is 18.0 Å². The van der Waals surface area contributed by atoms with Crippen LogP contribution in [0.2, 0.25) is 0 Å². The van der Waals surface area contributed by atoms with Crippen LogP contribution in [0.1, 0.15) is 29.4 Å². The summed E-state index contributed by atoms with van der Waals surface area (Å²) in [5, 5.41) is 7.06. The second kappa shape index (κ2) is 4.32. The molecule has 1 aromatic heterocycles. The Morgan fingerprint density at radius 2 is 2.57 bits per heavy atom. The van der Waals surface area contributed by atoms with Crippen molar-refractivity contribution in [1.29, 1.82) is 0 Å². The van der Waals surface area contributed by atoms with Crippen LogP contribution in [0.15, 0.2) is 4.52 Å². The summed E-state index contributed by atoms with van der Waals surface area (Å²) in [4.78, 5) is 14.3. The molecule has 1 fully saturated rings. The molecule has 5 nitrogen and oxygen atoms in total. The molecule has 1 atom stereocenters. The zero-order chi connectivity index (χ0) is 9.80. The molecule has 2 heterocycles. The maximum absolute atomic E-state index is 10.3. The van der Waals surface area contributed by atoms with Gasteiger partial charge in [-0.15, -0.1) is 0 Å². The van der Waals surface area contributed by atoms with Crippen LogP contribution in [0.5, 0.6) is 0 Å².